The summed E-state index contributed by atoms with van der Waals surface area (Å²) < 4.78 is 16.0. The van der Waals surface area contributed by atoms with Crippen molar-refractivity contribution in [2.24, 2.45) is 0 Å². The molecule has 0 bridgehead atoms. The normalized spacial score (nSPS) is 12.6. The van der Waals surface area contributed by atoms with E-state index in [1.54, 1.807) is 24.3 Å². The van der Waals surface area contributed by atoms with Crippen molar-refractivity contribution in [3.63, 3.8) is 0 Å². The number of halogens is 1. The molecule has 0 aliphatic rings. The quantitative estimate of drug-likeness (QED) is 0.117. The standard InChI is InChI=1S/C33H35FN2O6/c1-21(2)31-30(33(40)35-25-11-7-4-8-12-25)29(22-9-5-3-6-10-22)32(23-13-15-24(34)16-14-23)36(31)18-17-26(37)19-27(38)20-28(39)42-41/h3-16,21,26-27,37-38,41H,17-20H2,1-2H3,(H,35,40)/t26-,27-/m1/s1. The minimum Gasteiger partial charge on any atom is -0.393 e. The Morgan fingerprint density at radius 1 is 0.881 bits per heavy atom. The van der Waals surface area contributed by atoms with Gasteiger partial charge in [-0.05, 0) is 66.3 Å². The lowest BCUT2D eigenvalue weighted by Crippen LogP contribution is -2.23. The van der Waals surface area contributed by atoms with Crippen LogP contribution in [0.15, 0.2) is 84.9 Å². The highest BCUT2D eigenvalue weighted by Crippen LogP contribution is 2.42. The smallest absolute Gasteiger partial charge is 0.344 e. The Labute approximate surface area is 244 Å². The molecular formula is C33H35FN2O6. The number of aromatic nitrogens is 1. The van der Waals surface area contributed by atoms with Gasteiger partial charge in [-0.1, -0.05) is 62.4 Å². The first-order valence-electron chi connectivity index (χ1n) is 13.8. The van der Waals surface area contributed by atoms with Gasteiger partial charge in [-0.3, -0.25) is 4.79 Å². The summed E-state index contributed by atoms with van der Waals surface area (Å²) in [5.74, 6) is -1.82. The van der Waals surface area contributed by atoms with Gasteiger partial charge in [0.15, 0.2) is 0 Å². The van der Waals surface area contributed by atoms with Gasteiger partial charge in [0.2, 0.25) is 0 Å². The number of amides is 1. The highest BCUT2D eigenvalue weighted by atomic mass is 19.1. The van der Waals surface area contributed by atoms with Gasteiger partial charge >= 0.3 is 5.97 Å². The fourth-order valence-electron chi connectivity index (χ4n) is 5.23. The molecule has 4 N–H and O–H groups in total. The SMILES string of the molecule is CC(C)c1c(C(=O)Nc2ccccc2)c(-c2ccccc2)c(-c2ccc(F)cc2)n1CC[C@@H](O)C[C@@H](O)CC(=O)OO. The van der Waals surface area contributed by atoms with Gasteiger partial charge in [0.25, 0.3) is 5.91 Å². The van der Waals surface area contributed by atoms with Crippen molar-refractivity contribution in [2.75, 3.05) is 5.32 Å². The molecule has 0 unspecified atom stereocenters. The third-order valence-electron chi connectivity index (χ3n) is 7.02. The predicted octanol–water partition coefficient (Wildman–Crippen LogP) is 6.25. The maximum absolute atomic E-state index is 14.1. The molecule has 0 saturated carbocycles. The van der Waals surface area contributed by atoms with Gasteiger partial charge < -0.3 is 25.0 Å². The molecule has 3 aromatic carbocycles. The van der Waals surface area contributed by atoms with Crippen LogP contribution in [0.4, 0.5) is 10.1 Å². The average Bonchev–Trinajstić information content (AvgIpc) is 3.33. The summed E-state index contributed by atoms with van der Waals surface area (Å²) in [6.07, 6.45) is -2.61. The largest absolute Gasteiger partial charge is 0.393 e. The van der Waals surface area contributed by atoms with E-state index in [0.29, 0.717) is 28.1 Å². The van der Waals surface area contributed by atoms with Gasteiger partial charge in [-0.15, -0.1) is 0 Å². The highest BCUT2D eigenvalue weighted by Gasteiger charge is 2.31. The summed E-state index contributed by atoms with van der Waals surface area (Å²) in [7, 11) is 0. The average molecular weight is 575 g/mol. The number of aliphatic hydroxyl groups is 2. The lowest BCUT2D eigenvalue weighted by atomic mass is 9.94. The Kier molecular flexibility index (Phi) is 10.2. The monoisotopic (exact) mass is 574 g/mol. The van der Waals surface area contributed by atoms with Crippen molar-refractivity contribution < 1.29 is 34.3 Å². The molecule has 9 heteroatoms. The number of carbonyl (C=O) groups excluding carboxylic acids is 2. The van der Waals surface area contributed by atoms with Gasteiger partial charge in [-0.2, -0.15) is 5.26 Å². The van der Waals surface area contributed by atoms with Crippen LogP contribution in [0, 0.1) is 5.82 Å². The molecular weight excluding hydrogens is 539 g/mol. The van der Waals surface area contributed by atoms with E-state index in [4.69, 9.17) is 5.26 Å². The molecule has 42 heavy (non-hydrogen) atoms. The molecule has 4 rings (SSSR count). The number of aliphatic hydroxyl groups excluding tert-OH is 2. The van der Waals surface area contributed by atoms with Crippen molar-refractivity contribution in [2.45, 2.75) is 57.8 Å². The summed E-state index contributed by atoms with van der Waals surface area (Å²) in [5.41, 5.74) is 4.71. The number of hydrogen-bond acceptors (Lipinski definition) is 6. The maximum atomic E-state index is 14.1. The Hall–Kier alpha value is -4.31. The van der Waals surface area contributed by atoms with Gasteiger partial charge in [0, 0.05) is 23.5 Å². The first-order chi connectivity index (χ1) is 20.2. The summed E-state index contributed by atoms with van der Waals surface area (Å²) in [6.45, 7) is 4.22. The van der Waals surface area contributed by atoms with Gasteiger partial charge in [0.05, 0.1) is 29.9 Å². The molecule has 0 aliphatic carbocycles. The zero-order valence-corrected chi connectivity index (χ0v) is 23.5. The molecule has 4 aromatic rings. The summed E-state index contributed by atoms with van der Waals surface area (Å²) >= 11 is 0. The molecule has 0 saturated heterocycles. The molecule has 2 atom stereocenters. The van der Waals surface area contributed by atoms with Crippen LogP contribution in [0.1, 0.15) is 55.1 Å². The van der Waals surface area contributed by atoms with Crippen molar-refractivity contribution in [3.05, 3.63) is 102 Å². The third-order valence-corrected chi connectivity index (χ3v) is 7.02. The summed E-state index contributed by atoms with van der Waals surface area (Å²) in [6, 6.07) is 24.7. The molecule has 1 heterocycles. The van der Waals surface area contributed by atoms with E-state index >= 15 is 0 Å². The van der Waals surface area contributed by atoms with Crippen LogP contribution in [0.25, 0.3) is 22.4 Å². The van der Waals surface area contributed by atoms with Crippen molar-refractivity contribution in [1.82, 2.24) is 4.57 Å². The zero-order chi connectivity index (χ0) is 30.2. The lowest BCUT2D eigenvalue weighted by molar-refractivity contribution is -0.236. The second kappa shape index (κ2) is 14.0. The van der Waals surface area contributed by atoms with Crippen molar-refractivity contribution in [3.8, 4) is 22.4 Å². The zero-order valence-electron chi connectivity index (χ0n) is 23.5. The summed E-state index contributed by atoms with van der Waals surface area (Å²) in [4.78, 5) is 29.0. The van der Waals surface area contributed by atoms with Crippen LogP contribution in [-0.2, 0) is 16.2 Å². The van der Waals surface area contributed by atoms with Crippen molar-refractivity contribution in [1.29, 1.82) is 0 Å². The Morgan fingerprint density at radius 3 is 2.10 bits per heavy atom. The first kappa shape index (κ1) is 30.6. The van der Waals surface area contributed by atoms with E-state index < -0.39 is 30.4 Å². The van der Waals surface area contributed by atoms with Crippen LogP contribution in [-0.4, -0.2) is 44.1 Å². The van der Waals surface area contributed by atoms with E-state index in [1.165, 1.54) is 12.1 Å². The minimum absolute atomic E-state index is 0.119. The molecule has 0 radical (unpaired) electrons. The molecule has 0 spiro atoms. The van der Waals surface area contributed by atoms with Crippen LogP contribution in [0.2, 0.25) is 0 Å². The number of carbonyl (C=O) groups is 2. The van der Waals surface area contributed by atoms with Crippen molar-refractivity contribution >= 4 is 17.6 Å². The molecule has 1 aromatic heterocycles. The number of anilines is 1. The van der Waals surface area contributed by atoms with E-state index in [9.17, 15) is 24.2 Å². The van der Waals surface area contributed by atoms with E-state index in [2.05, 4.69) is 10.2 Å². The first-order valence-corrected chi connectivity index (χ1v) is 13.8. The fourth-order valence-corrected chi connectivity index (χ4v) is 5.23. The highest BCUT2D eigenvalue weighted by molar-refractivity contribution is 6.12. The Balaban J connectivity index is 1.86. The topological polar surface area (TPSA) is 121 Å². The second-order valence-corrected chi connectivity index (χ2v) is 10.5. The fraction of sp³-hybridized carbons (Fsp3) is 0.273. The molecule has 0 aliphatic heterocycles. The molecule has 1 amide bonds. The van der Waals surface area contributed by atoms with Crippen LogP contribution >= 0.6 is 0 Å². The maximum Gasteiger partial charge on any atom is 0.344 e. The van der Waals surface area contributed by atoms with E-state index in [-0.39, 0.29) is 31.2 Å². The number of rotatable bonds is 12. The van der Waals surface area contributed by atoms with Crippen LogP contribution < -0.4 is 5.32 Å². The number of para-hydroxylation sites is 1. The van der Waals surface area contributed by atoms with E-state index in [1.807, 2.05) is 66.9 Å². The predicted molar refractivity (Wildman–Crippen MR) is 158 cm³/mol. The molecule has 0 fully saturated rings. The summed E-state index contributed by atoms with van der Waals surface area (Å²) in [5, 5.41) is 32.4. The third kappa shape index (κ3) is 7.30. The molecule has 8 nitrogen and oxygen atoms in total. The van der Waals surface area contributed by atoms with Gasteiger partial charge in [-0.25, -0.2) is 9.18 Å². The second-order valence-electron chi connectivity index (χ2n) is 10.5. The Bertz CT molecular complexity index is 1490. The Morgan fingerprint density at radius 2 is 1.50 bits per heavy atom. The van der Waals surface area contributed by atoms with E-state index in [0.717, 1.165) is 11.3 Å². The lowest BCUT2D eigenvalue weighted by Gasteiger charge is -2.20. The number of hydrogen-bond donors (Lipinski definition) is 4. The van der Waals surface area contributed by atoms with Crippen LogP contribution in [0.5, 0.6) is 0 Å². The van der Waals surface area contributed by atoms with Crippen LogP contribution in [0.3, 0.4) is 0 Å². The number of nitrogens with one attached hydrogen (secondary N) is 1. The molecule has 220 valence electrons. The minimum atomic E-state index is -1.21. The number of nitrogens with zero attached hydrogens (tertiary/aromatic N) is 1. The number of benzene rings is 3. The van der Waals surface area contributed by atoms with Gasteiger partial charge in [0.1, 0.15) is 5.82 Å².